The lowest BCUT2D eigenvalue weighted by Gasteiger charge is -2.17. The maximum absolute atomic E-state index is 13.6. The lowest BCUT2D eigenvalue weighted by molar-refractivity contribution is -0.140. The number of hydrogen-bond donors (Lipinski definition) is 2. The maximum atomic E-state index is 13.6. The average Bonchev–Trinajstić information content (AvgIpc) is 3.16. The molecule has 6 nitrogen and oxygen atoms in total. The number of carbonyl (C=O) groups is 2. The highest BCUT2D eigenvalue weighted by molar-refractivity contribution is 5.96. The lowest BCUT2D eigenvalue weighted by Crippen LogP contribution is -2.44. The molecule has 0 aliphatic heterocycles. The number of fused-ring (bicyclic) bond motifs is 1. The molecule has 1 aliphatic carbocycles. The van der Waals surface area contributed by atoms with E-state index >= 15 is 0 Å². The van der Waals surface area contributed by atoms with Crippen LogP contribution in [0.3, 0.4) is 0 Å². The molecule has 3 rings (SSSR count). The fraction of sp³-hybridized carbons (Fsp3) is 0.389. The highest BCUT2D eigenvalue weighted by Crippen LogP contribution is 2.28. The van der Waals surface area contributed by atoms with Crippen molar-refractivity contribution in [2.45, 2.75) is 39.2 Å². The standard InChI is InChI=1S/C18H19F2N3O3/c1-9(2)15(18(25)26)21-17(24)16-11-4-3-5-14(11)23(22-16)10-6-7-12(19)13(20)8-10/h6-9,15H,3-5H2,1-2H3,(H,21,24)(H,25,26)/t15-/m0/s1. The largest absolute Gasteiger partial charge is 0.480 e. The van der Waals surface area contributed by atoms with Crippen molar-refractivity contribution >= 4 is 11.9 Å². The number of hydrogen-bond acceptors (Lipinski definition) is 3. The fourth-order valence-electron chi connectivity index (χ4n) is 3.17. The summed E-state index contributed by atoms with van der Waals surface area (Å²) >= 11 is 0. The molecule has 1 aromatic heterocycles. The first-order valence-electron chi connectivity index (χ1n) is 8.39. The van der Waals surface area contributed by atoms with Gasteiger partial charge in [-0.3, -0.25) is 4.79 Å². The lowest BCUT2D eigenvalue weighted by atomic mass is 10.0. The summed E-state index contributed by atoms with van der Waals surface area (Å²) in [5.41, 5.74) is 1.94. The van der Waals surface area contributed by atoms with Gasteiger partial charge < -0.3 is 10.4 Å². The van der Waals surface area contributed by atoms with Gasteiger partial charge in [0, 0.05) is 17.3 Å². The second-order valence-corrected chi connectivity index (χ2v) is 6.67. The van der Waals surface area contributed by atoms with E-state index in [0.29, 0.717) is 18.5 Å². The van der Waals surface area contributed by atoms with Crippen molar-refractivity contribution in [3.05, 3.63) is 46.8 Å². The van der Waals surface area contributed by atoms with Crippen LogP contribution in [-0.2, 0) is 17.6 Å². The number of rotatable bonds is 5. The number of amides is 1. The Balaban J connectivity index is 1.98. The summed E-state index contributed by atoms with van der Waals surface area (Å²) in [6, 6.07) is 2.39. The SMILES string of the molecule is CC(C)[C@H](NC(=O)c1nn(-c2ccc(F)c(F)c2)c2c1CCC2)C(=O)O. The monoisotopic (exact) mass is 363 g/mol. The Labute approximate surface area is 148 Å². The zero-order chi connectivity index (χ0) is 19.0. The van der Waals surface area contributed by atoms with Crippen LogP contribution >= 0.6 is 0 Å². The smallest absolute Gasteiger partial charge is 0.326 e. The Kier molecular flexibility index (Phi) is 4.76. The summed E-state index contributed by atoms with van der Waals surface area (Å²) in [5, 5.41) is 16.0. The summed E-state index contributed by atoms with van der Waals surface area (Å²) in [5.74, 6) is -3.95. The number of halogens is 2. The van der Waals surface area contributed by atoms with Crippen LogP contribution in [0.2, 0.25) is 0 Å². The minimum atomic E-state index is -1.12. The number of benzene rings is 1. The van der Waals surface area contributed by atoms with Crippen molar-refractivity contribution in [1.82, 2.24) is 15.1 Å². The first-order valence-corrected chi connectivity index (χ1v) is 8.39. The number of carboxylic acid groups (broad SMARTS) is 1. The molecule has 0 radical (unpaired) electrons. The quantitative estimate of drug-likeness (QED) is 0.855. The number of aliphatic carboxylic acids is 1. The number of carboxylic acids is 1. The molecule has 8 heteroatoms. The number of aromatic nitrogens is 2. The van der Waals surface area contributed by atoms with Gasteiger partial charge in [-0.05, 0) is 37.3 Å². The van der Waals surface area contributed by atoms with Gasteiger partial charge in [-0.25, -0.2) is 18.3 Å². The fourth-order valence-corrected chi connectivity index (χ4v) is 3.17. The second kappa shape index (κ2) is 6.86. The van der Waals surface area contributed by atoms with E-state index in [9.17, 15) is 23.5 Å². The van der Waals surface area contributed by atoms with Gasteiger partial charge in [0.25, 0.3) is 5.91 Å². The molecule has 2 aromatic rings. The predicted octanol–water partition coefficient (Wildman–Crippen LogP) is 2.48. The first kappa shape index (κ1) is 18.0. The van der Waals surface area contributed by atoms with Crippen molar-refractivity contribution < 1.29 is 23.5 Å². The Morgan fingerprint density at radius 1 is 1.23 bits per heavy atom. The van der Waals surface area contributed by atoms with Crippen LogP contribution in [0, 0.1) is 17.6 Å². The Morgan fingerprint density at radius 2 is 1.96 bits per heavy atom. The average molecular weight is 363 g/mol. The van der Waals surface area contributed by atoms with Crippen LogP contribution in [0.4, 0.5) is 8.78 Å². The molecule has 1 aliphatic rings. The summed E-state index contributed by atoms with van der Waals surface area (Å²) in [6.45, 7) is 3.40. The first-order chi connectivity index (χ1) is 12.3. The van der Waals surface area contributed by atoms with Crippen LogP contribution in [0.15, 0.2) is 18.2 Å². The Morgan fingerprint density at radius 3 is 2.58 bits per heavy atom. The van der Waals surface area contributed by atoms with E-state index in [-0.39, 0.29) is 11.6 Å². The van der Waals surface area contributed by atoms with Gasteiger partial charge in [-0.2, -0.15) is 5.10 Å². The molecule has 26 heavy (non-hydrogen) atoms. The van der Waals surface area contributed by atoms with E-state index in [0.717, 1.165) is 29.8 Å². The molecule has 1 heterocycles. The van der Waals surface area contributed by atoms with Gasteiger partial charge in [0.05, 0.1) is 5.69 Å². The maximum Gasteiger partial charge on any atom is 0.326 e. The van der Waals surface area contributed by atoms with Gasteiger partial charge >= 0.3 is 5.97 Å². The van der Waals surface area contributed by atoms with Crippen LogP contribution < -0.4 is 5.32 Å². The molecule has 0 spiro atoms. The van der Waals surface area contributed by atoms with E-state index in [4.69, 9.17) is 0 Å². The van der Waals surface area contributed by atoms with Crippen LogP contribution in [-0.4, -0.2) is 32.8 Å². The molecular weight excluding hydrogens is 344 g/mol. The molecule has 1 amide bonds. The number of carbonyl (C=O) groups excluding carboxylic acids is 1. The molecule has 0 saturated heterocycles. The highest BCUT2D eigenvalue weighted by atomic mass is 19.2. The normalized spacial score (nSPS) is 14.3. The van der Waals surface area contributed by atoms with E-state index in [2.05, 4.69) is 10.4 Å². The summed E-state index contributed by atoms with van der Waals surface area (Å²) < 4.78 is 28.2. The minimum Gasteiger partial charge on any atom is -0.480 e. The minimum absolute atomic E-state index is 0.133. The van der Waals surface area contributed by atoms with Crippen molar-refractivity contribution in [3.8, 4) is 5.69 Å². The molecule has 0 fully saturated rings. The second-order valence-electron chi connectivity index (χ2n) is 6.67. The topological polar surface area (TPSA) is 84.2 Å². The summed E-state index contributed by atoms with van der Waals surface area (Å²) in [7, 11) is 0. The van der Waals surface area contributed by atoms with Crippen LogP contribution in [0.1, 0.15) is 42.0 Å². The van der Waals surface area contributed by atoms with Crippen molar-refractivity contribution in [1.29, 1.82) is 0 Å². The van der Waals surface area contributed by atoms with E-state index in [1.165, 1.54) is 10.7 Å². The number of nitrogens with one attached hydrogen (secondary N) is 1. The van der Waals surface area contributed by atoms with Gasteiger partial charge in [0.1, 0.15) is 6.04 Å². The van der Waals surface area contributed by atoms with Crippen LogP contribution in [0.5, 0.6) is 0 Å². The van der Waals surface area contributed by atoms with Crippen LogP contribution in [0.25, 0.3) is 5.69 Å². The van der Waals surface area contributed by atoms with Gasteiger partial charge in [0.2, 0.25) is 0 Å². The van der Waals surface area contributed by atoms with E-state index < -0.39 is 29.6 Å². The molecule has 0 unspecified atom stereocenters. The third-order valence-electron chi connectivity index (χ3n) is 4.51. The van der Waals surface area contributed by atoms with E-state index in [1.54, 1.807) is 13.8 Å². The van der Waals surface area contributed by atoms with Gasteiger partial charge in [0.15, 0.2) is 17.3 Å². The third kappa shape index (κ3) is 3.18. The molecular formula is C18H19F2N3O3. The Bertz CT molecular complexity index is 877. The van der Waals surface area contributed by atoms with Crippen molar-refractivity contribution in [2.24, 2.45) is 5.92 Å². The zero-order valence-electron chi connectivity index (χ0n) is 14.4. The zero-order valence-corrected chi connectivity index (χ0v) is 14.4. The highest BCUT2D eigenvalue weighted by Gasteiger charge is 2.30. The van der Waals surface area contributed by atoms with Gasteiger partial charge in [-0.15, -0.1) is 0 Å². The number of nitrogens with zero attached hydrogens (tertiary/aromatic N) is 2. The molecule has 0 saturated carbocycles. The molecule has 138 valence electrons. The summed E-state index contributed by atoms with van der Waals surface area (Å²) in [6.07, 6.45) is 2.09. The summed E-state index contributed by atoms with van der Waals surface area (Å²) in [4.78, 5) is 23.9. The van der Waals surface area contributed by atoms with Gasteiger partial charge in [-0.1, -0.05) is 13.8 Å². The third-order valence-corrected chi connectivity index (χ3v) is 4.51. The van der Waals surface area contributed by atoms with Crippen molar-refractivity contribution in [2.75, 3.05) is 0 Å². The Hall–Kier alpha value is -2.77. The molecule has 0 bridgehead atoms. The molecule has 2 N–H and O–H groups in total. The molecule has 1 atom stereocenters. The predicted molar refractivity (Wildman–Crippen MR) is 89.2 cm³/mol. The van der Waals surface area contributed by atoms with E-state index in [1.807, 2.05) is 0 Å². The van der Waals surface area contributed by atoms with Crippen molar-refractivity contribution in [3.63, 3.8) is 0 Å². The molecule has 1 aromatic carbocycles.